The lowest BCUT2D eigenvalue weighted by atomic mass is 10.1. The maximum Gasteiger partial charge on any atom is 0.292 e. The molecule has 2 aromatic carbocycles. The molecular formula is C13H5N3O3. The van der Waals surface area contributed by atoms with Crippen LogP contribution in [0, 0.1) is 34.6 Å². The molecule has 0 heterocycles. The van der Waals surface area contributed by atoms with E-state index in [0.717, 1.165) is 0 Å². The maximum absolute atomic E-state index is 8.68. The third-order valence-corrected chi connectivity index (χ3v) is 2.37. The number of fused-ring (bicyclic) bond motifs is 1. The Kier molecular flexibility index (Phi) is 3.34. The van der Waals surface area contributed by atoms with E-state index in [-0.39, 0.29) is 17.2 Å². The second kappa shape index (κ2) is 5.27. The second-order valence-corrected chi connectivity index (χ2v) is 3.33. The molecule has 0 aliphatic rings. The monoisotopic (exact) mass is 251 g/mol. The number of rotatable bonds is 3. The average Bonchev–Trinajstić information content (AvgIpc) is 2.43. The zero-order chi connectivity index (χ0) is 13.7. The smallest absolute Gasteiger partial charge is 0.292 e. The standard InChI is InChI=1S/C13H5N3O3/c14-6-17-11-5-9-3-1-2-4-10(9)12(18-7-15)13(11)19-8-16/h1-5H. The fourth-order valence-electron chi connectivity index (χ4n) is 1.68. The average molecular weight is 251 g/mol. The summed E-state index contributed by atoms with van der Waals surface area (Å²) < 4.78 is 14.3. The van der Waals surface area contributed by atoms with Crippen LogP contribution in [-0.4, -0.2) is 0 Å². The molecule has 0 N–H and O–H groups in total. The van der Waals surface area contributed by atoms with Crippen molar-refractivity contribution >= 4 is 10.8 Å². The molecule has 0 spiro atoms. The van der Waals surface area contributed by atoms with Crippen LogP contribution in [0.1, 0.15) is 0 Å². The van der Waals surface area contributed by atoms with Gasteiger partial charge in [0, 0.05) is 5.39 Å². The molecule has 0 bridgehead atoms. The van der Waals surface area contributed by atoms with Crippen LogP contribution in [0.5, 0.6) is 17.2 Å². The molecular weight excluding hydrogens is 246 g/mol. The highest BCUT2D eigenvalue weighted by Crippen LogP contribution is 2.43. The first-order chi connectivity index (χ1) is 9.31. The summed E-state index contributed by atoms with van der Waals surface area (Å²) in [5.74, 6) is -0.0651. The molecule has 0 saturated heterocycles. The SMILES string of the molecule is N#COc1cc2ccccc2c(OC#N)c1OC#N. The topological polar surface area (TPSA) is 99.1 Å². The first kappa shape index (κ1) is 12.0. The van der Waals surface area contributed by atoms with Crippen LogP contribution in [0.4, 0.5) is 0 Å². The summed E-state index contributed by atoms with van der Waals surface area (Å²) >= 11 is 0. The summed E-state index contributed by atoms with van der Waals surface area (Å²) in [7, 11) is 0. The summed E-state index contributed by atoms with van der Waals surface area (Å²) in [6.07, 6.45) is 4.47. The molecule has 19 heavy (non-hydrogen) atoms. The maximum atomic E-state index is 8.68. The Hall–Kier alpha value is -3.43. The third kappa shape index (κ3) is 2.17. The van der Waals surface area contributed by atoms with Crippen LogP contribution in [0.25, 0.3) is 10.8 Å². The van der Waals surface area contributed by atoms with Crippen molar-refractivity contribution in [1.29, 1.82) is 15.8 Å². The van der Waals surface area contributed by atoms with Crippen molar-refractivity contribution in [2.24, 2.45) is 0 Å². The fraction of sp³-hybridized carbons (Fsp3) is 0. The van der Waals surface area contributed by atoms with Crippen LogP contribution in [0.3, 0.4) is 0 Å². The van der Waals surface area contributed by atoms with Gasteiger partial charge < -0.3 is 14.2 Å². The van der Waals surface area contributed by atoms with Crippen molar-refractivity contribution in [3.8, 4) is 36.0 Å². The van der Waals surface area contributed by atoms with Crippen molar-refractivity contribution < 1.29 is 14.2 Å². The molecule has 90 valence electrons. The van der Waals surface area contributed by atoms with Gasteiger partial charge >= 0.3 is 0 Å². The molecule has 0 aliphatic heterocycles. The van der Waals surface area contributed by atoms with Crippen LogP contribution < -0.4 is 14.2 Å². The van der Waals surface area contributed by atoms with Gasteiger partial charge in [-0.05, 0) is 11.5 Å². The summed E-state index contributed by atoms with van der Waals surface area (Å²) in [5, 5.41) is 27.1. The van der Waals surface area contributed by atoms with Crippen molar-refractivity contribution in [1.82, 2.24) is 0 Å². The van der Waals surface area contributed by atoms with E-state index in [1.807, 2.05) is 0 Å². The van der Waals surface area contributed by atoms with E-state index in [9.17, 15) is 0 Å². The van der Waals surface area contributed by atoms with E-state index < -0.39 is 0 Å². The lowest BCUT2D eigenvalue weighted by Gasteiger charge is -2.10. The summed E-state index contributed by atoms with van der Waals surface area (Å²) in [5.41, 5.74) is 0. The Bertz CT molecular complexity index is 751. The van der Waals surface area contributed by atoms with Crippen molar-refractivity contribution in [3.63, 3.8) is 0 Å². The van der Waals surface area contributed by atoms with E-state index in [1.165, 1.54) is 24.8 Å². The van der Waals surface area contributed by atoms with E-state index in [0.29, 0.717) is 10.8 Å². The molecule has 0 aliphatic carbocycles. The summed E-state index contributed by atoms with van der Waals surface area (Å²) in [6, 6.07) is 8.49. The first-order valence-electron chi connectivity index (χ1n) is 5.05. The summed E-state index contributed by atoms with van der Waals surface area (Å²) in [4.78, 5) is 0. The quantitative estimate of drug-likeness (QED) is 0.776. The zero-order valence-electron chi connectivity index (χ0n) is 9.45. The second-order valence-electron chi connectivity index (χ2n) is 3.33. The molecule has 0 radical (unpaired) electrons. The first-order valence-corrected chi connectivity index (χ1v) is 5.05. The van der Waals surface area contributed by atoms with E-state index >= 15 is 0 Å². The Morgan fingerprint density at radius 1 is 0.789 bits per heavy atom. The predicted octanol–water partition coefficient (Wildman–Crippen LogP) is 2.42. The van der Waals surface area contributed by atoms with E-state index in [1.54, 1.807) is 24.3 Å². The van der Waals surface area contributed by atoms with Crippen LogP contribution in [-0.2, 0) is 0 Å². The van der Waals surface area contributed by atoms with Gasteiger partial charge in [0.15, 0.2) is 11.5 Å². The molecule has 0 saturated carbocycles. The van der Waals surface area contributed by atoms with Crippen molar-refractivity contribution in [2.45, 2.75) is 0 Å². The third-order valence-electron chi connectivity index (χ3n) is 2.37. The largest absolute Gasteiger partial charge is 0.384 e. The fourth-order valence-corrected chi connectivity index (χ4v) is 1.68. The highest BCUT2D eigenvalue weighted by molar-refractivity contribution is 5.93. The van der Waals surface area contributed by atoms with E-state index in [2.05, 4.69) is 0 Å². The zero-order valence-corrected chi connectivity index (χ0v) is 9.45. The van der Waals surface area contributed by atoms with Gasteiger partial charge in [0.25, 0.3) is 18.8 Å². The van der Waals surface area contributed by atoms with E-state index in [4.69, 9.17) is 30.0 Å². The van der Waals surface area contributed by atoms with Crippen LogP contribution >= 0.6 is 0 Å². The molecule has 2 aromatic rings. The Labute approximate surface area is 108 Å². The Morgan fingerprint density at radius 3 is 2.11 bits per heavy atom. The number of benzene rings is 2. The minimum Gasteiger partial charge on any atom is -0.384 e. The van der Waals surface area contributed by atoms with Crippen LogP contribution in [0.15, 0.2) is 30.3 Å². The minimum atomic E-state index is -0.107. The molecule has 0 fully saturated rings. The molecule has 0 aromatic heterocycles. The van der Waals surface area contributed by atoms with Gasteiger partial charge in [-0.2, -0.15) is 0 Å². The minimum absolute atomic E-state index is 0.00741. The van der Waals surface area contributed by atoms with Gasteiger partial charge in [-0.3, -0.25) is 0 Å². The lowest BCUT2D eigenvalue weighted by molar-refractivity contribution is 0.411. The predicted molar refractivity (Wildman–Crippen MR) is 62.7 cm³/mol. The Morgan fingerprint density at radius 2 is 1.42 bits per heavy atom. The van der Waals surface area contributed by atoms with Crippen LogP contribution in [0.2, 0.25) is 0 Å². The number of nitrogens with zero attached hydrogens (tertiary/aromatic N) is 3. The lowest BCUT2D eigenvalue weighted by Crippen LogP contribution is -1.95. The van der Waals surface area contributed by atoms with Crippen molar-refractivity contribution in [3.05, 3.63) is 30.3 Å². The molecule has 2 rings (SSSR count). The molecule has 0 atom stereocenters. The highest BCUT2D eigenvalue weighted by Gasteiger charge is 2.18. The molecule has 0 amide bonds. The number of ether oxygens (including phenoxy) is 3. The highest BCUT2D eigenvalue weighted by atomic mass is 16.5. The van der Waals surface area contributed by atoms with Gasteiger partial charge in [-0.1, -0.05) is 24.3 Å². The van der Waals surface area contributed by atoms with Gasteiger partial charge in [-0.25, -0.2) is 0 Å². The van der Waals surface area contributed by atoms with Crippen molar-refractivity contribution in [2.75, 3.05) is 0 Å². The van der Waals surface area contributed by atoms with Gasteiger partial charge in [0.1, 0.15) is 0 Å². The van der Waals surface area contributed by atoms with Gasteiger partial charge in [0.05, 0.1) is 0 Å². The molecule has 0 unspecified atom stereocenters. The Balaban J connectivity index is 2.80. The molecule has 6 heteroatoms. The normalized spacial score (nSPS) is 8.89. The molecule has 6 nitrogen and oxygen atoms in total. The van der Waals surface area contributed by atoms with Gasteiger partial charge in [-0.15, -0.1) is 15.8 Å². The van der Waals surface area contributed by atoms with Gasteiger partial charge in [0.2, 0.25) is 5.75 Å². The summed E-state index contributed by atoms with van der Waals surface area (Å²) in [6.45, 7) is 0. The number of hydrogen-bond donors (Lipinski definition) is 0. The number of hydrogen-bond acceptors (Lipinski definition) is 6. The number of nitriles is 3.